The molecular formula is C20H29N3O2. The van der Waals surface area contributed by atoms with Gasteiger partial charge >= 0.3 is 0 Å². The number of benzene rings is 1. The van der Waals surface area contributed by atoms with Crippen LogP contribution in [0.2, 0.25) is 0 Å². The van der Waals surface area contributed by atoms with E-state index < -0.39 is 0 Å². The van der Waals surface area contributed by atoms with Gasteiger partial charge in [0.25, 0.3) is 0 Å². The molecule has 0 saturated carbocycles. The molecule has 0 spiro atoms. The molecule has 1 unspecified atom stereocenters. The molecule has 2 rings (SSSR count). The van der Waals surface area contributed by atoms with E-state index in [-0.39, 0.29) is 0 Å². The molecule has 0 fully saturated rings. The van der Waals surface area contributed by atoms with Gasteiger partial charge in [-0.3, -0.25) is 4.99 Å². The maximum atomic E-state index is 5.34. The van der Waals surface area contributed by atoms with Crippen LogP contribution in [0.4, 0.5) is 0 Å². The minimum Gasteiger partial charge on any atom is -0.497 e. The van der Waals surface area contributed by atoms with Crippen molar-refractivity contribution in [1.29, 1.82) is 0 Å². The lowest BCUT2D eigenvalue weighted by Gasteiger charge is -2.13. The van der Waals surface area contributed by atoms with Gasteiger partial charge in [0.1, 0.15) is 11.5 Å². The van der Waals surface area contributed by atoms with Crippen molar-refractivity contribution in [3.8, 4) is 5.75 Å². The first-order chi connectivity index (χ1) is 12.2. The number of nitrogens with one attached hydrogen (secondary N) is 2. The largest absolute Gasteiger partial charge is 0.497 e. The molecule has 0 aliphatic rings. The van der Waals surface area contributed by atoms with Gasteiger partial charge in [-0.2, -0.15) is 0 Å². The Hall–Kier alpha value is -2.43. The van der Waals surface area contributed by atoms with E-state index in [1.807, 2.05) is 24.3 Å². The highest BCUT2D eigenvalue weighted by atomic mass is 16.5. The van der Waals surface area contributed by atoms with Gasteiger partial charge in [-0.25, -0.2) is 0 Å². The highest BCUT2D eigenvalue weighted by Gasteiger charge is 2.06. The second kappa shape index (κ2) is 10.4. The SMILES string of the molecule is CCNC(=NCCC(C)c1ccc(OC)cc1)NCCc1ccco1. The summed E-state index contributed by atoms with van der Waals surface area (Å²) in [6.45, 7) is 6.73. The summed E-state index contributed by atoms with van der Waals surface area (Å²) in [7, 11) is 1.69. The first-order valence-corrected chi connectivity index (χ1v) is 8.91. The molecule has 1 atom stereocenters. The molecule has 136 valence electrons. The Kier molecular flexibility index (Phi) is 7.89. The Labute approximate surface area is 150 Å². The number of furan rings is 1. The van der Waals surface area contributed by atoms with E-state index in [2.05, 4.69) is 41.6 Å². The molecule has 2 N–H and O–H groups in total. The monoisotopic (exact) mass is 343 g/mol. The van der Waals surface area contributed by atoms with E-state index in [1.165, 1.54) is 5.56 Å². The summed E-state index contributed by atoms with van der Waals surface area (Å²) in [5, 5.41) is 6.63. The second-order valence-electron chi connectivity index (χ2n) is 5.98. The Morgan fingerprint density at radius 2 is 2.00 bits per heavy atom. The molecule has 25 heavy (non-hydrogen) atoms. The third-order valence-electron chi connectivity index (χ3n) is 4.11. The molecule has 0 aliphatic heterocycles. The summed E-state index contributed by atoms with van der Waals surface area (Å²) in [6, 6.07) is 12.2. The highest BCUT2D eigenvalue weighted by molar-refractivity contribution is 5.79. The average Bonchev–Trinajstić information content (AvgIpc) is 3.15. The van der Waals surface area contributed by atoms with E-state index in [4.69, 9.17) is 9.15 Å². The number of nitrogens with zero attached hydrogens (tertiary/aromatic N) is 1. The Bertz CT molecular complexity index is 621. The number of hydrogen-bond donors (Lipinski definition) is 2. The molecule has 0 amide bonds. The van der Waals surface area contributed by atoms with Gasteiger partial charge in [0.05, 0.1) is 13.4 Å². The van der Waals surface area contributed by atoms with Gasteiger partial charge in [0.2, 0.25) is 0 Å². The maximum Gasteiger partial charge on any atom is 0.191 e. The summed E-state index contributed by atoms with van der Waals surface area (Å²) in [4.78, 5) is 4.67. The zero-order valence-corrected chi connectivity index (χ0v) is 15.4. The molecule has 0 saturated heterocycles. The quantitative estimate of drug-likeness (QED) is 0.540. The molecule has 1 aromatic heterocycles. The van der Waals surface area contributed by atoms with Crippen LogP contribution in [0.5, 0.6) is 5.75 Å². The van der Waals surface area contributed by atoms with E-state index in [0.29, 0.717) is 5.92 Å². The zero-order valence-electron chi connectivity index (χ0n) is 15.4. The molecule has 0 radical (unpaired) electrons. The van der Waals surface area contributed by atoms with Crippen molar-refractivity contribution in [3.63, 3.8) is 0 Å². The van der Waals surface area contributed by atoms with Gasteiger partial charge in [-0.15, -0.1) is 0 Å². The fraction of sp³-hybridized carbons (Fsp3) is 0.450. The van der Waals surface area contributed by atoms with Crippen molar-refractivity contribution < 1.29 is 9.15 Å². The molecule has 5 nitrogen and oxygen atoms in total. The molecular weight excluding hydrogens is 314 g/mol. The van der Waals surface area contributed by atoms with Crippen LogP contribution in [-0.4, -0.2) is 32.7 Å². The van der Waals surface area contributed by atoms with Crippen LogP contribution in [0.1, 0.15) is 37.5 Å². The Morgan fingerprint density at radius 1 is 1.20 bits per heavy atom. The zero-order chi connectivity index (χ0) is 17.9. The molecule has 1 aromatic carbocycles. The van der Waals surface area contributed by atoms with Crippen LogP contribution in [-0.2, 0) is 6.42 Å². The van der Waals surface area contributed by atoms with Crippen molar-refractivity contribution in [2.24, 2.45) is 4.99 Å². The van der Waals surface area contributed by atoms with Gasteiger partial charge in [-0.1, -0.05) is 19.1 Å². The second-order valence-corrected chi connectivity index (χ2v) is 5.98. The van der Waals surface area contributed by atoms with E-state index in [0.717, 1.165) is 49.9 Å². The first kappa shape index (κ1) is 18.9. The van der Waals surface area contributed by atoms with Crippen LogP contribution >= 0.6 is 0 Å². The van der Waals surface area contributed by atoms with Gasteiger partial charge < -0.3 is 19.8 Å². The van der Waals surface area contributed by atoms with Crippen molar-refractivity contribution in [1.82, 2.24) is 10.6 Å². The third kappa shape index (κ3) is 6.53. The van der Waals surface area contributed by atoms with Crippen molar-refractivity contribution in [3.05, 3.63) is 54.0 Å². The minimum atomic E-state index is 0.459. The summed E-state index contributed by atoms with van der Waals surface area (Å²) >= 11 is 0. The van der Waals surface area contributed by atoms with Crippen LogP contribution in [0.15, 0.2) is 52.1 Å². The molecule has 0 bridgehead atoms. The number of hydrogen-bond acceptors (Lipinski definition) is 3. The minimum absolute atomic E-state index is 0.459. The average molecular weight is 343 g/mol. The summed E-state index contributed by atoms with van der Waals surface area (Å²) < 4.78 is 10.6. The number of rotatable bonds is 9. The lowest BCUT2D eigenvalue weighted by molar-refractivity contribution is 0.414. The molecule has 5 heteroatoms. The fourth-order valence-electron chi connectivity index (χ4n) is 2.57. The molecule has 2 aromatic rings. The van der Waals surface area contributed by atoms with Crippen LogP contribution in [0, 0.1) is 0 Å². The normalized spacial score (nSPS) is 12.7. The number of methoxy groups -OCH3 is 1. The molecule has 0 aliphatic carbocycles. The van der Waals surface area contributed by atoms with Crippen molar-refractivity contribution in [2.75, 3.05) is 26.7 Å². The Balaban J connectivity index is 1.78. The number of guanidine groups is 1. The number of ether oxygens (including phenoxy) is 1. The predicted molar refractivity (Wildman–Crippen MR) is 102 cm³/mol. The van der Waals surface area contributed by atoms with Gasteiger partial charge in [-0.05, 0) is 49.1 Å². The number of aliphatic imine (C=N–C) groups is 1. The highest BCUT2D eigenvalue weighted by Crippen LogP contribution is 2.21. The summed E-state index contributed by atoms with van der Waals surface area (Å²) in [5.74, 6) is 3.19. The predicted octanol–water partition coefficient (Wildman–Crippen LogP) is 3.58. The first-order valence-electron chi connectivity index (χ1n) is 8.91. The maximum absolute atomic E-state index is 5.34. The summed E-state index contributed by atoms with van der Waals surface area (Å²) in [5.41, 5.74) is 1.31. The Morgan fingerprint density at radius 3 is 2.64 bits per heavy atom. The molecule has 1 heterocycles. The fourth-order valence-corrected chi connectivity index (χ4v) is 2.57. The van der Waals surface area contributed by atoms with Crippen LogP contribution < -0.4 is 15.4 Å². The van der Waals surface area contributed by atoms with Crippen LogP contribution in [0.25, 0.3) is 0 Å². The van der Waals surface area contributed by atoms with E-state index in [1.54, 1.807) is 13.4 Å². The van der Waals surface area contributed by atoms with Crippen LogP contribution in [0.3, 0.4) is 0 Å². The summed E-state index contributed by atoms with van der Waals surface area (Å²) in [6.07, 6.45) is 3.55. The smallest absolute Gasteiger partial charge is 0.191 e. The third-order valence-corrected chi connectivity index (χ3v) is 4.11. The topological polar surface area (TPSA) is 58.8 Å². The van der Waals surface area contributed by atoms with Gasteiger partial charge in [0.15, 0.2) is 5.96 Å². The lowest BCUT2D eigenvalue weighted by atomic mass is 9.98. The van der Waals surface area contributed by atoms with E-state index >= 15 is 0 Å². The van der Waals surface area contributed by atoms with E-state index in [9.17, 15) is 0 Å². The standard InChI is InChI=1S/C20H29N3O2/c1-4-21-20(23-14-12-19-6-5-15-25-19)22-13-11-16(2)17-7-9-18(24-3)10-8-17/h5-10,15-16H,4,11-14H2,1-3H3,(H2,21,22,23). The van der Waals surface area contributed by atoms with Gasteiger partial charge in [0, 0.05) is 26.1 Å². The lowest BCUT2D eigenvalue weighted by Crippen LogP contribution is -2.38. The van der Waals surface area contributed by atoms with Crippen molar-refractivity contribution >= 4 is 5.96 Å². The van der Waals surface area contributed by atoms with Crippen molar-refractivity contribution in [2.45, 2.75) is 32.6 Å².